The first kappa shape index (κ1) is 12.2. The van der Waals surface area contributed by atoms with E-state index in [-0.39, 0.29) is 6.10 Å². The molecule has 2 rings (SSSR count). The molecule has 2 nitrogen and oxygen atoms in total. The van der Waals surface area contributed by atoms with Gasteiger partial charge in [-0.05, 0) is 31.4 Å². The Hall–Kier alpha value is -1.28. The van der Waals surface area contributed by atoms with Crippen LogP contribution in [0.4, 0.5) is 0 Å². The minimum Gasteiger partial charge on any atom is -0.461 e. The Bertz CT molecular complexity index is 485. The van der Waals surface area contributed by atoms with Crippen LogP contribution in [0.3, 0.4) is 0 Å². The molecule has 1 N–H and O–H groups in total. The third-order valence-corrected chi connectivity index (χ3v) is 3.14. The van der Waals surface area contributed by atoms with Gasteiger partial charge in [-0.1, -0.05) is 31.5 Å². The van der Waals surface area contributed by atoms with E-state index in [1.807, 2.05) is 6.07 Å². The van der Waals surface area contributed by atoms with Gasteiger partial charge in [-0.3, -0.25) is 0 Å². The van der Waals surface area contributed by atoms with Gasteiger partial charge in [0.2, 0.25) is 0 Å². The summed E-state index contributed by atoms with van der Waals surface area (Å²) in [4.78, 5) is 0. The van der Waals surface area contributed by atoms with Gasteiger partial charge in [0.05, 0.1) is 6.10 Å². The summed E-state index contributed by atoms with van der Waals surface area (Å²) in [7, 11) is 0. The maximum Gasteiger partial charge on any atom is 0.137 e. The largest absolute Gasteiger partial charge is 0.461 e. The molecule has 1 heterocycles. The first-order chi connectivity index (χ1) is 8.20. The maximum absolute atomic E-state index is 9.70. The Balaban J connectivity index is 2.07. The van der Waals surface area contributed by atoms with Crippen LogP contribution in [0.2, 0.25) is 0 Å². The van der Waals surface area contributed by atoms with Gasteiger partial charge >= 0.3 is 0 Å². The number of rotatable bonds is 5. The lowest BCUT2D eigenvalue weighted by atomic mass is 10.1. The van der Waals surface area contributed by atoms with Crippen LogP contribution < -0.4 is 0 Å². The summed E-state index contributed by atoms with van der Waals surface area (Å²) in [5.41, 5.74) is 2.15. The molecule has 0 bridgehead atoms. The highest BCUT2D eigenvalue weighted by atomic mass is 16.3. The number of aliphatic hydroxyl groups is 1. The summed E-state index contributed by atoms with van der Waals surface area (Å²) in [5, 5.41) is 10.9. The quantitative estimate of drug-likeness (QED) is 0.849. The number of furan rings is 1. The summed E-state index contributed by atoms with van der Waals surface area (Å²) in [5.74, 6) is 0.976. The second kappa shape index (κ2) is 5.37. The van der Waals surface area contributed by atoms with Crippen LogP contribution in [-0.2, 0) is 6.42 Å². The van der Waals surface area contributed by atoms with E-state index in [2.05, 4.69) is 32.0 Å². The van der Waals surface area contributed by atoms with Crippen molar-refractivity contribution < 1.29 is 9.52 Å². The van der Waals surface area contributed by atoms with Crippen LogP contribution in [0, 0.1) is 6.92 Å². The summed E-state index contributed by atoms with van der Waals surface area (Å²) < 4.78 is 5.82. The average molecular weight is 232 g/mol. The highest BCUT2D eigenvalue weighted by Gasteiger charge is 2.08. The topological polar surface area (TPSA) is 33.4 Å². The third kappa shape index (κ3) is 2.89. The highest BCUT2D eigenvalue weighted by Crippen LogP contribution is 2.23. The first-order valence-electron chi connectivity index (χ1n) is 6.36. The van der Waals surface area contributed by atoms with Gasteiger partial charge in [-0.2, -0.15) is 0 Å². The zero-order chi connectivity index (χ0) is 12.3. The molecule has 1 aromatic carbocycles. The fourth-order valence-electron chi connectivity index (χ4n) is 2.17. The van der Waals surface area contributed by atoms with E-state index in [1.54, 1.807) is 0 Å². The average Bonchev–Trinajstić information content (AvgIpc) is 2.71. The van der Waals surface area contributed by atoms with Crippen molar-refractivity contribution in [2.24, 2.45) is 0 Å². The van der Waals surface area contributed by atoms with Gasteiger partial charge in [0.25, 0.3) is 0 Å². The van der Waals surface area contributed by atoms with E-state index in [4.69, 9.17) is 4.42 Å². The van der Waals surface area contributed by atoms with Crippen LogP contribution >= 0.6 is 0 Å². The number of hydrogen-bond donors (Lipinski definition) is 1. The standard InChI is InChI=1S/C15H20O2/c1-3-5-13(16)8-9-14-10-12-7-4-6-11(2)15(12)17-14/h4,6-7,10,13,16H,3,5,8-9H2,1-2H3. The van der Waals surface area contributed by atoms with Crippen molar-refractivity contribution in [1.82, 2.24) is 0 Å². The summed E-state index contributed by atoms with van der Waals surface area (Å²) in [6.07, 6.45) is 3.30. The molecule has 0 aliphatic carbocycles. The van der Waals surface area contributed by atoms with E-state index >= 15 is 0 Å². The summed E-state index contributed by atoms with van der Waals surface area (Å²) in [6.45, 7) is 4.15. The molecule has 0 radical (unpaired) electrons. The smallest absolute Gasteiger partial charge is 0.137 e. The van der Waals surface area contributed by atoms with Crippen LogP contribution in [-0.4, -0.2) is 11.2 Å². The molecule has 1 atom stereocenters. The van der Waals surface area contributed by atoms with Crippen molar-refractivity contribution in [2.45, 2.75) is 45.6 Å². The van der Waals surface area contributed by atoms with Crippen molar-refractivity contribution >= 4 is 11.0 Å². The van der Waals surface area contributed by atoms with Crippen LogP contribution in [0.15, 0.2) is 28.7 Å². The molecule has 0 spiro atoms. The van der Waals surface area contributed by atoms with E-state index in [9.17, 15) is 5.11 Å². The molecule has 0 aliphatic heterocycles. The van der Waals surface area contributed by atoms with Gasteiger partial charge in [0.15, 0.2) is 0 Å². The molecule has 2 heteroatoms. The predicted octanol–water partition coefficient (Wildman–Crippen LogP) is 3.83. The van der Waals surface area contributed by atoms with Crippen molar-refractivity contribution in [3.63, 3.8) is 0 Å². The number of hydrogen-bond acceptors (Lipinski definition) is 2. The molecule has 0 fully saturated rings. The van der Waals surface area contributed by atoms with Crippen LogP contribution in [0.1, 0.15) is 37.5 Å². The lowest BCUT2D eigenvalue weighted by Gasteiger charge is -2.06. The fraction of sp³-hybridized carbons (Fsp3) is 0.467. The lowest BCUT2D eigenvalue weighted by molar-refractivity contribution is 0.152. The Morgan fingerprint density at radius 2 is 2.12 bits per heavy atom. The number of para-hydroxylation sites is 1. The molecule has 0 saturated carbocycles. The minimum atomic E-state index is -0.200. The molecular weight excluding hydrogens is 212 g/mol. The molecule has 0 amide bonds. The van der Waals surface area contributed by atoms with Crippen LogP contribution in [0.25, 0.3) is 11.0 Å². The highest BCUT2D eigenvalue weighted by molar-refractivity contribution is 5.80. The summed E-state index contributed by atoms with van der Waals surface area (Å²) >= 11 is 0. The second-order valence-electron chi connectivity index (χ2n) is 4.69. The zero-order valence-electron chi connectivity index (χ0n) is 10.6. The molecule has 92 valence electrons. The van der Waals surface area contributed by atoms with E-state index in [0.717, 1.165) is 42.4 Å². The van der Waals surface area contributed by atoms with Crippen molar-refractivity contribution in [3.05, 3.63) is 35.6 Å². The van der Waals surface area contributed by atoms with Crippen molar-refractivity contribution in [3.8, 4) is 0 Å². The third-order valence-electron chi connectivity index (χ3n) is 3.14. The molecule has 2 aromatic rings. The maximum atomic E-state index is 9.70. The summed E-state index contributed by atoms with van der Waals surface area (Å²) in [6, 6.07) is 8.25. The fourth-order valence-corrected chi connectivity index (χ4v) is 2.17. The first-order valence-corrected chi connectivity index (χ1v) is 6.36. The van der Waals surface area contributed by atoms with E-state index in [1.165, 1.54) is 5.56 Å². The van der Waals surface area contributed by atoms with Crippen molar-refractivity contribution in [2.75, 3.05) is 0 Å². The molecule has 0 aliphatic rings. The Morgan fingerprint density at radius 1 is 1.29 bits per heavy atom. The number of benzene rings is 1. The monoisotopic (exact) mass is 232 g/mol. The number of aryl methyl sites for hydroxylation is 2. The Morgan fingerprint density at radius 3 is 2.82 bits per heavy atom. The van der Waals surface area contributed by atoms with Gasteiger partial charge in [0.1, 0.15) is 11.3 Å². The van der Waals surface area contributed by atoms with E-state index < -0.39 is 0 Å². The normalized spacial score (nSPS) is 13.1. The zero-order valence-corrected chi connectivity index (χ0v) is 10.6. The lowest BCUT2D eigenvalue weighted by Crippen LogP contribution is -2.06. The van der Waals surface area contributed by atoms with Gasteiger partial charge in [-0.15, -0.1) is 0 Å². The second-order valence-corrected chi connectivity index (χ2v) is 4.69. The van der Waals surface area contributed by atoms with Crippen LogP contribution in [0.5, 0.6) is 0 Å². The molecule has 17 heavy (non-hydrogen) atoms. The number of fused-ring (bicyclic) bond motifs is 1. The Labute approximate surface area is 102 Å². The predicted molar refractivity (Wildman–Crippen MR) is 70.2 cm³/mol. The molecule has 1 aromatic heterocycles. The minimum absolute atomic E-state index is 0.200. The molecule has 0 saturated heterocycles. The SMILES string of the molecule is CCCC(O)CCc1cc2cccc(C)c2o1. The van der Waals surface area contributed by atoms with E-state index in [0.29, 0.717) is 0 Å². The van der Waals surface area contributed by atoms with Gasteiger partial charge < -0.3 is 9.52 Å². The number of aliphatic hydroxyl groups excluding tert-OH is 1. The Kier molecular flexibility index (Phi) is 3.85. The molecule has 1 unspecified atom stereocenters. The molecular formula is C15H20O2. The van der Waals surface area contributed by atoms with Crippen molar-refractivity contribution in [1.29, 1.82) is 0 Å². The van der Waals surface area contributed by atoms with Gasteiger partial charge in [0, 0.05) is 11.8 Å². The van der Waals surface area contributed by atoms with Gasteiger partial charge in [-0.25, -0.2) is 0 Å².